The van der Waals surface area contributed by atoms with E-state index in [-0.39, 0.29) is 17.1 Å². The van der Waals surface area contributed by atoms with Crippen molar-refractivity contribution in [3.8, 4) is 0 Å². The molecule has 2 rings (SSSR count). The Labute approximate surface area is 126 Å². The highest BCUT2D eigenvalue weighted by atomic mass is 79.9. The summed E-state index contributed by atoms with van der Waals surface area (Å²) in [6.07, 6.45) is -3.05. The lowest BCUT2D eigenvalue weighted by Gasteiger charge is -2.11. The number of nitrogens with one attached hydrogen (secondary N) is 1. The molecule has 2 aromatic rings. The van der Waals surface area contributed by atoms with Crippen LogP contribution in [0, 0.1) is 0 Å². The van der Waals surface area contributed by atoms with Crippen molar-refractivity contribution in [3.63, 3.8) is 0 Å². The van der Waals surface area contributed by atoms with Crippen molar-refractivity contribution in [1.82, 2.24) is 4.98 Å². The van der Waals surface area contributed by atoms with Crippen LogP contribution in [0.25, 0.3) is 0 Å². The van der Waals surface area contributed by atoms with E-state index in [2.05, 4.69) is 26.2 Å². The van der Waals surface area contributed by atoms with Crippen LogP contribution in [-0.4, -0.2) is 10.9 Å². The van der Waals surface area contributed by atoms with Gasteiger partial charge in [0.25, 0.3) is 5.91 Å². The summed E-state index contributed by atoms with van der Waals surface area (Å²) in [5.41, 5.74) is 4.70. The van der Waals surface area contributed by atoms with E-state index in [1.807, 2.05) is 0 Å². The summed E-state index contributed by atoms with van der Waals surface area (Å²) >= 11 is 3.18. The Morgan fingerprint density at radius 2 is 1.95 bits per heavy atom. The number of pyridine rings is 1. The van der Waals surface area contributed by atoms with Crippen LogP contribution < -0.4 is 11.1 Å². The van der Waals surface area contributed by atoms with Gasteiger partial charge in [-0.05, 0) is 46.3 Å². The summed E-state index contributed by atoms with van der Waals surface area (Å²) < 4.78 is 38.2. The molecule has 0 aliphatic carbocycles. The zero-order valence-electron chi connectivity index (χ0n) is 10.4. The Kier molecular flexibility index (Phi) is 4.17. The second-order valence-electron chi connectivity index (χ2n) is 4.12. The SMILES string of the molecule is Nc1cc(C(F)(F)F)ccc1NC(=O)c1ccc(Br)cn1. The topological polar surface area (TPSA) is 68.0 Å². The van der Waals surface area contributed by atoms with Gasteiger partial charge in [-0.15, -0.1) is 0 Å². The van der Waals surface area contributed by atoms with Crippen LogP contribution in [0.3, 0.4) is 0 Å². The van der Waals surface area contributed by atoms with Gasteiger partial charge in [-0.1, -0.05) is 0 Å². The van der Waals surface area contributed by atoms with E-state index < -0.39 is 17.6 Å². The van der Waals surface area contributed by atoms with E-state index in [1.165, 1.54) is 12.3 Å². The Morgan fingerprint density at radius 1 is 1.24 bits per heavy atom. The molecular formula is C13H9BrF3N3O. The van der Waals surface area contributed by atoms with Crippen molar-refractivity contribution >= 4 is 33.2 Å². The third-order valence-corrected chi connectivity index (χ3v) is 3.06. The highest BCUT2D eigenvalue weighted by Crippen LogP contribution is 2.32. The van der Waals surface area contributed by atoms with Crippen molar-refractivity contribution in [2.75, 3.05) is 11.1 Å². The fourth-order valence-corrected chi connectivity index (χ4v) is 1.78. The summed E-state index contributed by atoms with van der Waals surface area (Å²) in [6.45, 7) is 0. The number of hydrogen-bond donors (Lipinski definition) is 2. The average Bonchev–Trinajstić information content (AvgIpc) is 2.40. The number of benzene rings is 1. The highest BCUT2D eigenvalue weighted by Gasteiger charge is 2.30. The fourth-order valence-electron chi connectivity index (χ4n) is 1.55. The quantitative estimate of drug-likeness (QED) is 0.803. The second-order valence-corrected chi connectivity index (χ2v) is 5.03. The van der Waals surface area contributed by atoms with E-state index >= 15 is 0 Å². The third-order valence-electron chi connectivity index (χ3n) is 2.59. The van der Waals surface area contributed by atoms with Crippen molar-refractivity contribution in [3.05, 3.63) is 52.3 Å². The number of hydrogen-bond acceptors (Lipinski definition) is 3. The van der Waals surface area contributed by atoms with Gasteiger partial charge in [-0.25, -0.2) is 4.98 Å². The lowest BCUT2D eigenvalue weighted by atomic mass is 10.1. The lowest BCUT2D eigenvalue weighted by Crippen LogP contribution is -2.15. The van der Waals surface area contributed by atoms with Gasteiger partial charge in [0.2, 0.25) is 0 Å². The van der Waals surface area contributed by atoms with Crippen molar-refractivity contribution in [2.24, 2.45) is 0 Å². The molecule has 8 heteroatoms. The van der Waals surface area contributed by atoms with Gasteiger partial charge >= 0.3 is 6.18 Å². The van der Waals surface area contributed by atoms with Crippen molar-refractivity contribution in [1.29, 1.82) is 0 Å². The van der Waals surface area contributed by atoms with Crippen LogP contribution >= 0.6 is 15.9 Å². The third kappa shape index (κ3) is 3.72. The zero-order valence-corrected chi connectivity index (χ0v) is 12.0. The maximum absolute atomic E-state index is 12.5. The van der Waals surface area contributed by atoms with Crippen LogP contribution in [0.4, 0.5) is 24.5 Å². The van der Waals surface area contributed by atoms with Gasteiger partial charge in [0, 0.05) is 10.7 Å². The second kappa shape index (κ2) is 5.72. The first kappa shape index (κ1) is 15.3. The van der Waals surface area contributed by atoms with Crippen LogP contribution in [-0.2, 0) is 6.18 Å². The van der Waals surface area contributed by atoms with Gasteiger partial charge < -0.3 is 11.1 Å². The van der Waals surface area contributed by atoms with E-state index in [1.54, 1.807) is 6.07 Å². The van der Waals surface area contributed by atoms with Gasteiger partial charge in [0.15, 0.2) is 0 Å². The van der Waals surface area contributed by atoms with Crippen LogP contribution in [0.15, 0.2) is 41.0 Å². The van der Waals surface area contributed by atoms with E-state index in [9.17, 15) is 18.0 Å². The minimum Gasteiger partial charge on any atom is -0.397 e. The molecule has 0 saturated heterocycles. The maximum atomic E-state index is 12.5. The summed E-state index contributed by atoms with van der Waals surface area (Å²) in [6, 6.07) is 5.82. The minimum atomic E-state index is -4.48. The molecule has 3 N–H and O–H groups in total. The molecule has 0 bridgehead atoms. The number of anilines is 2. The molecule has 1 aromatic heterocycles. The number of amides is 1. The van der Waals surface area contributed by atoms with Gasteiger partial charge in [-0.2, -0.15) is 13.2 Å². The molecule has 0 fully saturated rings. The molecule has 0 spiro atoms. The standard InChI is InChI=1S/C13H9BrF3N3O/c14-8-2-4-11(19-6-8)12(21)20-10-3-1-7(5-9(10)18)13(15,16)17/h1-6H,18H2,(H,20,21). The zero-order chi connectivity index (χ0) is 15.6. The monoisotopic (exact) mass is 359 g/mol. The number of rotatable bonds is 2. The molecule has 0 unspecified atom stereocenters. The van der Waals surface area contributed by atoms with Gasteiger partial charge in [0.05, 0.1) is 16.9 Å². The molecule has 0 aliphatic rings. The predicted molar refractivity (Wildman–Crippen MR) is 75.7 cm³/mol. The first-order chi connectivity index (χ1) is 9.77. The van der Waals surface area contributed by atoms with E-state index in [0.29, 0.717) is 4.47 Å². The molecule has 0 saturated carbocycles. The maximum Gasteiger partial charge on any atom is 0.416 e. The minimum absolute atomic E-state index is 0.0951. The highest BCUT2D eigenvalue weighted by molar-refractivity contribution is 9.10. The normalized spacial score (nSPS) is 11.2. The summed E-state index contributed by atoms with van der Waals surface area (Å²) in [5.74, 6) is -0.561. The van der Waals surface area contributed by atoms with Crippen LogP contribution in [0.2, 0.25) is 0 Å². The van der Waals surface area contributed by atoms with E-state index in [4.69, 9.17) is 5.73 Å². The predicted octanol–water partition coefficient (Wildman–Crippen LogP) is 3.70. The van der Waals surface area contributed by atoms with Crippen LogP contribution in [0.5, 0.6) is 0 Å². The molecule has 110 valence electrons. The Morgan fingerprint density at radius 3 is 2.48 bits per heavy atom. The summed E-state index contributed by atoms with van der Waals surface area (Å²) in [7, 11) is 0. The van der Waals surface area contributed by atoms with Gasteiger partial charge in [-0.3, -0.25) is 4.79 Å². The number of nitrogens with two attached hydrogens (primary N) is 1. The molecule has 0 radical (unpaired) electrons. The largest absolute Gasteiger partial charge is 0.416 e. The number of carbonyl (C=O) groups excluding carboxylic acids is 1. The number of alkyl halides is 3. The average molecular weight is 360 g/mol. The van der Waals surface area contributed by atoms with Crippen molar-refractivity contribution < 1.29 is 18.0 Å². The van der Waals surface area contributed by atoms with Gasteiger partial charge in [0.1, 0.15) is 5.69 Å². The molecule has 21 heavy (non-hydrogen) atoms. The van der Waals surface area contributed by atoms with Crippen LogP contribution in [0.1, 0.15) is 16.1 Å². The molecule has 1 amide bonds. The molecular weight excluding hydrogens is 351 g/mol. The fraction of sp³-hybridized carbons (Fsp3) is 0.0769. The summed E-state index contributed by atoms with van der Waals surface area (Å²) in [5, 5.41) is 2.42. The number of nitrogens with zero attached hydrogens (tertiary/aromatic N) is 1. The molecule has 1 aromatic carbocycles. The number of nitrogen functional groups attached to an aromatic ring is 1. The Hall–Kier alpha value is -2.09. The lowest BCUT2D eigenvalue weighted by molar-refractivity contribution is -0.137. The Bertz CT molecular complexity index is 671. The smallest absolute Gasteiger partial charge is 0.397 e. The molecule has 1 heterocycles. The number of carbonyl (C=O) groups is 1. The Balaban J connectivity index is 2.20. The summed E-state index contributed by atoms with van der Waals surface area (Å²) in [4.78, 5) is 15.8. The molecule has 0 aliphatic heterocycles. The first-order valence-corrected chi connectivity index (χ1v) is 6.46. The van der Waals surface area contributed by atoms with E-state index in [0.717, 1.165) is 18.2 Å². The number of aromatic nitrogens is 1. The molecule has 0 atom stereocenters. The van der Waals surface area contributed by atoms with Crippen molar-refractivity contribution in [2.45, 2.75) is 6.18 Å². The first-order valence-electron chi connectivity index (χ1n) is 5.67. The number of halogens is 4. The molecule has 4 nitrogen and oxygen atoms in total.